The highest BCUT2D eigenvalue weighted by Gasteiger charge is 2.22. The fourth-order valence-corrected chi connectivity index (χ4v) is 2.66. The van der Waals surface area contributed by atoms with Gasteiger partial charge < -0.3 is 10.6 Å². The Morgan fingerprint density at radius 3 is 2.32 bits per heavy atom. The molecule has 0 saturated heterocycles. The Kier molecular flexibility index (Phi) is 6.80. The van der Waals surface area contributed by atoms with Crippen LogP contribution in [0.1, 0.15) is 24.9 Å². The first kappa shape index (κ1) is 16.4. The van der Waals surface area contributed by atoms with Crippen LogP contribution in [0.25, 0.3) is 0 Å². The number of rotatable bonds is 7. The number of nitrogens with two attached hydrogens (primary N) is 1. The quantitative estimate of drug-likeness (QED) is 0.835. The lowest BCUT2D eigenvalue weighted by molar-refractivity contribution is 0.208. The van der Waals surface area contributed by atoms with E-state index in [1.165, 1.54) is 0 Å². The summed E-state index contributed by atoms with van der Waals surface area (Å²) in [7, 11) is 6.31. The molecule has 2 atom stereocenters. The highest BCUT2D eigenvalue weighted by Crippen LogP contribution is 2.28. The van der Waals surface area contributed by atoms with Crippen molar-refractivity contribution in [2.45, 2.75) is 25.4 Å². The summed E-state index contributed by atoms with van der Waals surface area (Å²) in [5.41, 5.74) is 7.28. The average molecular weight is 284 g/mol. The molecule has 1 aromatic rings. The fraction of sp³-hybridized carbons (Fsp3) is 0.600. The van der Waals surface area contributed by atoms with Crippen LogP contribution < -0.4 is 5.73 Å². The maximum Gasteiger partial charge on any atom is 0.0508 e. The SMILES string of the molecule is CC(N)C(c1ccccc1Cl)N(C)CCCN(C)C. The van der Waals surface area contributed by atoms with Gasteiger partial charge in [0.15, 0.2) is 0 Å². The molecule has 0 spiro atoms. The first-order valence-electron chi connectivity index (χ1n) is 6.78. The Bertz CT molecular complexity index is 379. The highest BCUT2D eigenvalue weighted by atomic mass is 35.5. The van der Waals surface area contributed by atoms with Gasteiger partial charge in [-0.05, 0) is 59.2 Å². The van der Waals surface area contributed by atoms with Crippen LogP contribution in [0.2, 0.25) is 5.02 Å². The average Bonchev–Trinajstić information content (AvgIpc) is 2.31. The first-order valence-corrected chi connectivity index (χ1v) is 7.16. The van der Waals surface area contributed by atoms with E-state index in [0.29, 0.717) is 0 Å². The van der Waals surface area contributed by atoms with Gasteiger partial charge in [-0.25, -0.2) is 0 Å². The maximum atomic E-state index is 6.30. The molecular formula is C15H26ClN3. The van der Waals surface area contributed by atoms with Crippen molar-refractivity contribution in [3.8, 4) is 0 Å². The third kappa shape index (κ3) is 5.11. The van der Waals surface area contributed by atoms with E-state index in [4.69, 9.17) is 17.3 Å². The highest BCUT2D eigenvalue weighted by molar-refractivity contribution is 6.31. The number of hydrogen-bond donors (Lipinski definition) is 1. The summed E-state index contributed by atoms with van der Waals surface area (Å²) < 4.78 is 0. The molecule has 0 heterocycles. The minimum atomic E-state index is 0.0456. The predicted octanol–water partition coefficient (Wildman–Crippen LogP) is 2.61. The second kappa shape index (κ2) is 7.85. The molecule has 1 aromatic carbocycles. The van der Waals surface area contributed by atoms with Crippen molar-refractivity contribution in [1.82, 2.24) is 9.80 Å². The van der Waals surface area contributed by atoms with E-state index in [2.05, 4.69) is 37.0 Å². The van der Waals surface area contributed by atoms with Crippen molar-refractivity contribution in [3.05, 3.63) is 34.9 Å². The third-order valence-electron chi connectivity index (χ3n) is 3.31. The summed E-state index contributed by atoms with van der Waals surface area (Å²) in [5.74, 6) is 0. The molecule has 0 fully saturated rings. The second-order valence-electron chi connectivity index (χ2n) is 5.46. The van der Waals surface area contributed by atoms with Crippen LogP contribution in [0.15, 0.2) is 24.3 Å². The van der Waals surface area contributed by atoms with E-state index in [9.17, 15) is 0 Å². The van der Waals surface area contributed by atoms with Crippen LogP contribution in [-0.2, 0) is 0 Å². The van der Waals surface area contributed by atoms with E-state index < -0.39 is 0 Å². The zero-order chi connectivity index (χ0) is 14.4. The van der Waals surface area contributed by atoms with Crippen LogP contribution in [0, 0.1) is 0 Å². The van der Waals surface area contributed by atoms with Crippen molar-refractivity contribution in [2.24, 2.45) is 5.73 Å². The van der Waals surface area contributed by atoms with Gasteiger partial charge in [0.1, 0.15) is 0 Å². The molecule has 19 heavy (non-hydrogen) atoms. The lowest BCUT2D eigenvalue weighted by Crippen LogP contribution is -2.38. The van der Waals surface area contributed by atoms with Crippen molar-refractivity contribution in [3.63, 3.8) is 0 Å². The topological polar surface area (TPSA) is 32.5 Å². The molecule has 0 aromatic heterocycles. The molecule has 1 rings (SSSR count). The van der Waals surface area contributed by atoms with Gasteiger partial charge in [-0.1, -0.05) is 29.8 Å². The monoisotopic (exact) mass is 283 g/mol. The minimum Gasteiger partial charge on any atom is -0.326 e. The molecule has 3 nitrogen and oxygen atoms in total. The number of nitrogens with zero attached hydrogens (tertiary/aromatic N) is 2. The molecule has 0 aliphatic carbocycles. The fourth-order valence-electron chi connectivity index (χ4n) is 2.41. The zero-order valence-electron chi connectivity index (χ0n) is 12.4. The second-order valence-corrected chi connectivity index (χ2v) is 5.87. The summed E-state index contributed by atoms with van der Waals surface area (Å²) in [6.45, 7) is 4.13. The van der Waals surface area contributed by atoms with Gasteiger partial charge in [-0.15, -0.1) is 0 Å². The van der Waals surface area contributed by atoms with Gasteiger partial charge in [-0.3, -0.25) is 4.90 Å². The molecule has 2 N–H and O–H groups in total. The Hall–Kier alpha value is -0.610. The Morgan fingerprint density at radius 1 is 1.16 bits per heavy atom. The summed E-state index contributed by atoms with van der Waals surface area (Å²) in [4.78, 5) is 4.50. The molecule has 2 unspecified atom stereocenters. The van der Waals surface area contributed by atoms with E-state index in [1.54, 1.807) is 0 Å². The van der Waals surface area contributed by atoms with Gasteiger partial charge in [-0.2, -0.15) is 0 Å². The van der Waals surface area contributed by atoms with Crippen molar-refractivity contribution in [2.75, 3.05) is 34.2 Å². The van der Waals surface area contributed by atoms with Gasteiger partial charge in [0.05, 0.1) is 6.04 Å². The van der Waals surface area contributed by atoms with Crippen molar-refractivity contribution >= 4 is 11.6 Å². The number of halogens is 1. The molecule has 4 heteroatoms. The molecule has 0 amide bonds. The van der Waals surface area contributed by atoms with Crippen LogP contribution in [0.3, 0.4) is 0 Å². The number of likely N-dealkylation sites (N-methyl/N-ethyl adjacent to an activating group) is 1. The Labute approximate surface area is 122 Å². The lowest BCUT2D eigenvalue weighted by Gasteiger charge is -2.32. The van der Waals surface area contributed by atoms with Gasteiger partial charge >= 0.3 is 0 Å². The van der Waals surface area contributed by atoms with Crippen molar-refractivity contribution < 1.29 is 0 Å². The van der Waals surface area contributed by atoms with Gasteiger partial charge in [0.25, 0.3) is 0 Å². The molecule has 0 bridgehead atoms. The van der Waals surface area contributed by atoms with E-state index in [-0.39, 0.29) is 12.1 Å². The maximum absolute atomic E-state index is 6.30. The summed E-state index contributed by atoms with van der Waals surface area (Å²) in [6.07, 6.45) is 1.12. The number of benzene rings is 1. The van der Waals surface area contributed by atoms with E-state index >= 15 is 0 Å². The van der Waals surface area contributed by atoms with Crippen LogP contribution in [-0.4, -0.2) is 50.1 Å². The third-order valence-corrected chi connectivity index (χ3v) is 3.66. The van der Waals surface area contributed by atoms with Crippen LogP contribution >= 0.6 is 11.6 Å². The Balaban J connectivity index is 2.75. The zero-order valence-corrected chi connectivity index (χ0v) is 13.2. The van der Waals surface area contributed by atoms with E-state index in [1.807, 2.05) is 25.1 Å². The van der Waals surface area contributed by atoms with Crippen molar-refractivity contribution in [1.29, 1.82) is 0 Å². The number of hydrogen-bond acceptors (Lipinski definition) is 3. The smallest absolute Gasteiger partial charge is 0.0508 e. The van der Waals surface area contributed by atoms with Crippen LogP contribution in [0.4, 0.5) is 0 Å². The Morgan fingerprint density at radius 2 is 1.79 bits per heavy atom. The molecule has 0 aliphatic rings. The molecular weight excluding hydrogens is 258 g/mol. The molecule has 108 valence electrons. The molecule has 0 aliphatic heterocycles. The normalized spacial score (nSPS) is 14.9. The summed E-state index contributed by atoms with van der Waals surface area (Å²) in [5, 5.41) is 0.796. The molecule has 0 saturated carbocycles. The lowest BCUT2D eigenvalue weighted by atomic mass is 9.99. The van der Waals surface area contributed by atoms with Gasteiger partial charge in [0.2, 0.25) is 0 Å². The van der Waals surface area contributed by atoms with Crippen LogP contribution in [0.5, 0.6) is 0 Å². The predicted molar refractivity (Wildman–Crippen MR) is 83.6 cm³/mol. The minimum absolute atomic E-state index is 0.0456. The van der Waals surface area contributed by atoms with Gasteiger partial charge in [0, 0.05) is 11.1 Å². The summed E-state index contributed by atoms with van der Waals surface area (Å²) >= 11 is 6.30. The largest absolute Gasteiger partial charge is 0.326 e. The summed E-state index contributed by atoms with van der Waals surface area (Å²) in [6, 6.07) is 8.18. The van der Waals surface area contributed by atoms with E-state index in [0.717, 1.165) is 30.1 Å². The molecule has 0 radical (unpaired) electrons. The standard InChI is InChI=1S/C15H26ClN3/c1-12(17)15(13-8-5-6-9-14(13)16)19(4)11-7-10-18(2)3/h5-6,8-9,12,15H,7,10-11,17H2,1-4H3. The first-order chi connectivity index (χ1) is 8.93.